The molecule has 0 unspecified atom stereocenters. The summed E-state index contributed by atoms with van der Waals surface area (Å²) in [5, 5.41) is 3.40. The van der Waals surface area contributed by atoms with Gasteiger partial charge in [0, 0.05) is 37.3 Å². The first-order chi connectivity index (χ1) is 15.0. The zero-order valence-corrected chi connectivity index (χ0v) is 17.9. The molecule has 0 amide bonds. The molecule has 158 valence electrons. The van der Waals surface area contributed by atoms with Crippen LogP contribution in [0.15, 0.2) is 95.1 Å². The van der Waals surface area contributed by atoms with E-state index in [9.17, 15) is 4.79 Å². The summed E-state index contributed by atoms with van der Waals surface area (Å²) in [5.41, 5.74) is 14.1. The second-order valence-corrected chi connectivity index (χ2v) is 7.96. The van der Waals surface area contributed by atoms with Gasteiger partial charge in [-0.2, -0.15) is 0 Å². The van der Waals surface area contributed by atoms with Gasteiger partial charge in [0.2, 0.25) is 5.78 Å². The van der Waals surface area contributed by atoms with E-state index in [-0.39, 0.29) is 5.78 Å². The van der Waals surface area contributed by atoms with Crippen molar-refractivity contribution in [2.24, 2.45) is 10.7 Å². The molecular weight excluding hydrogens is 384 g/mol. The highest BCUT2D eigenvalue weighted by Crippen LogP contribution is 2.32. The van der Waals surface area contributed by atoms with Crippen molar-refractivity contribution in [3.8, 4) is 0 Å². The van der Waals surface area contributed by atoms with Crippen LogP contribution in [0.25, 0.3) is 0 Å². The Bertz CT molecular complexity index is 1110. The number of hydrogen-bond acceptors (Lipinski definition) is 5. The van der Waals surface area contributed by atoms with Crippen molar-refractivity contribution < 1.29 is 4.79 Å². The quantitative estimate of drug-likeness (QED) is 0.528. The number of fused-ring (bicyclic) bond motifs is 1. The van der Waals surface area contributed by atoms with Crippen LogP contribution in [-0.4, -0.2) is 22.9 Å². The Morgan fingerprint density at radius 3 is 2.94 bits per heavy atom. The molecule has 2 heterocycles. The standard InChI is InChI=1S/C26H28N4O/c1-4-5-6-7-22-10-11-23(29-22)18(3)28-15-19-8-9-20-12-13-30(16-21(20)14-19)25-24(27)17(2)26(25)31/h4-9,11,14,28H,2-3,10,12-13,15-16,27H2,1H3/b5-4-,7-6-. The fourth-order valence-electron chi connectivity index (χ4n) is 4.01. The molecule has 3 aliphatic rings. The normalized spacial score (nSPS) is 18.4. The first kappa shape index (κ1) is 20.7. The maximum atomic E-state index is 12.1. The Kier molecular flexibility index (Phi) is 5.76. The number of ketones is 1. The van der Waals surface area contributed by atoms with Crippen LogP contribution >= 0.6 is 0 Å². The number of nitrogens with two attached hydrogens (primary N) is 1. The molecule has 2 aliphatic heterocycles. The second-order valence-electron chi connectivity index (χ2n) is 7.96. The smallest absolute Gasteiger partial charge is 0.212 e. The summed E-state index contributed by atoms with van der Waals surface area (Å²) < 4.78 is 0. The summed E-state index contributed by atoms with van der Waals surface area (Å²) in [6, 6.07) is 6.53. The topological polar surface area (TPSA) is 70.7 Å². The summed E-state index contributed by atoms with van der Waals surface area (Å²) in [5.74, 6) is -0.0274. The Hall–Kier alpha value is -3.60. The summed E-state index contributed by atoms with van der Waals surface area (Å²) in [7, 11) is 0. The van der Waals surface area contributed by atoms with Gasteiger partial charge in [-0.05, 0) is 36.1 Å². The first-order valence-corrected chi connectivity index (χ1v) is 10.6. The van der Waals surface area contributed by atoms with Crippen molar-refractivity contribution in [3.05, 3.63) is 107 Å². The van der Waals surface area contributed by atoms with Gasteiger partial charge in [0.25, 0.3) is 0 Å². The monoisotopic (exact) mass is 412 g/mol. The molecule has 0 atom stereocenters. The van der Waals surface area contributed by atoms with Gasteiger partial charge < -0.3 is 16.0 Å². The van der Waals surface area contributed by atoms with Crippen LogP contribution in [0.5, 0.6) is 0 Å². The number of Topliss-reactive ketones (excluding diaryl/α,β-unsaturated/α-hetero) is 1. The van der Waals surface area contributed by atoms with Crippen molar-refractivity contribution in [2.45, 2.75) is 32.9 Å². The van der Waals surface area contributed by atoms with E-state index in [0.717, 1.165) is 36.5 Å². The van der Waals surface area contributed by atoms with Crippen molar-refractivity contribution in [1.82, 2.24) is 10.2 Å². The van der Waals surface area contributed by atoms with Crippen molar-refractivity contribution >= 4 is 11.5 Å². The maximum absolute atomic E-state index is 12.1. The van der Waals surface area contributed by atoms with Gasteiger partial charge in [0.1, 0.15) is 5.70 Å². The third kappa shape index (κ3) is 4.17. The lowest BCUT2D eigenvalue weighted by Crippen LogP contribution is -2.41. The van der Waals surface area contributed by atoms with E-state index < -0.39 is 0 Å². The van der Waals surface area contributed by atoms with Crippen LogP contribution in [0, 0.1) is 0 Å². The van der Waals surface area contributed by atoms with Gasteiger partial charge >= 0.3 is 0 Å². The molecule has 0 bridgehead atoms. The SMILES string of the molecule is C=C(NCc1ccc2c(c1)CN(C1=C(N)C(=C)C1=O)CC2)C1=CCC(/C=C\C=C/C)=N1. The van der Waals surface area contributed by atoms with E-state index in [2.05, 4.69) is 52.6 Å². The predicted octanol–water partition coefficient (Wildman–Crippen LogP) is 3.82. The molecule has 5 heteroatoms. The van der Waals surface area contributed by atoms with Crippen LogP contribution in [0.2, 0.25) is 0 Å². The number of nitrogens with one attached hydrogen (secondary N) is 1. The highest BCUT2D eigenvalue weighted by molar-refractivity contribution is 6.18. The Morgan fingerprint density at radius 2 is 2.16 bits per heavy atom. The molecule has 4 rings (SSSR count). The molecule has 0 saturated heterocycles. The van der Waals surface area contributed by atoms with Gasteiger partial charge in [0.15, 0.2) is 0 Å². The number of carbonyl (C=O) groups is 1. The van der Waals surface area contributed by atoms with Crippen LogP contribution in [0.1, 0.15) is 30.0 Å². The second kappa shape index (κ2) is 8.64. The van der Waals surface area contributed by atoms with Crippen molar-refractivity contribution in [1.29, 1.82) is 0 Å². The fourth-order valence-corrected chi connectivity index (χ4v) is 4.01. The third-order valence-corrected chi connectivity index (χ3v) is 5.84. The lowest BCUT2D eigenvalue weighted by Gasteiger charge is -2.37. The molecule has 0 spiro atoms. The molecule has 3 N–H and O–H groups in total. The maximum Gasteiger partial charge on any atom is 0.212 e. The van der Waals surface area contributed by atoms with Crippen molar-refractivity contribution in [3.63, 3.8) is 0 Å². The number of allylic oxidation sites excluding steroid dienone is 7. The molecule has 0 fully saturated rings. The first-order valence-electron chi connectivity index (χ1n) is 10.6. The lowest BCUT2D eigenvalue weighted by molar-refractivity contribution is -0.115. The molecule has 1 aromatic carbocycles. The van der Waals surface area contributed by atoms with Gasteiger partial charge in [-0.25, -0.2) is 0 Å². The third-order valence-electron chi connectivity index (χ3n) is 5.84. The molecule has 31 heavy (non-hydrogen) atoms. The zero-order valence-electron chi connectivity index (χ0n) is 17.9. The summed E-state index contributed by atoms with van der Waals surface area (Å²) in [6.07, 6.45) is 11.8. The van der Waals surface area contributed by atoms with Crippen LogP contribution in [-0.2, 0) is 24.3 Å². The molecule has 0 saturated carbocycles. The van der Waals surface area contributed by atoms with E-state index in [0.29, 0.717) is 30.1 Å². The highest BCUT2D eigenvalue weighted by atomic mass is 16.1. The Morgan fingerprint density at radius 1 is 1.32 bits per heavy atom. The summed E-state index contributed by atoms with van der Waals surface area (Å²) >= 11 is 0. The average Bonchev–Trinajstić information content (AvgIpc) is 3.26. The largest absolute Gasteiger partial charge is 0.396 e. The fraction of sp³-hybridized carbons (Fsp3) is 0.231. The van der Waals surface area contributed by atoms with Gasteiger partial charge in [0.05, 0.1) is 17.1 Å². The van der Waals surface area contributed by atoms with Crippen molar-refractivity contribution in [2.75, 3.05) is 6.54 Å². The minimum absolute atomic E-state index is 0.0274. The minimum atomic E-state index is -0.0274. The molecule has 1 aromatic rings. The summed E-state index contributed by atoms with van der Waals surface area (Å²) in [4.78, 5) is 18.8. The van der Waals surface area contributed by atoms with E-state index in [1.165, 1.54) is 16.7 Å². The minimum Gasteiger partial charge on any atom is -0.396 e. The zero-order chi connectivity index (χ0) is 22.0. The lowest BCUT2D eigenvalue weighted by atomic mass is 9.89. The van der Waals surface area contributed by atoms with Crippen LogP contribution < -0.4 is 11.1 Å². The number of aliphatic imine (C=N–C) groups is 1. The molecule has 1 aliphatic carbocycles. The number of rotatable bonds is 7. The highest BCUT2D eigenvalue weighted by Gasteiger charge is 2.35. The summed E-state index contributed by atoms with van der Waals surface area (Å²) in [6.45, 7) is 12.0. The Balaban J connectivity index is 1.38. The van der Waals surface area contributed by atoms with Crippen LogP contribution in [0.4, 0.5) is 0 Å². The molecule has 5 nitrogen and oxygen atoms in total. The number of nitrogens with zero attached hydrogens (tertiary/aromatic N) is 2. The van der Waals surface area contributed by atoms with E-state index in [4.69, 9.17) is 5.73 Å². The van der Waals surface area contributed by atoms with Crippen LogP contribution in [0.3, 0.4) is 0 Å². The molecule has 0 radical (unpaired) electrons. The average molecular weight is 413 g/mol. The van der Waals surface area contributed by atoms with E-state index in [1.807, 2.05) is 31.2 Å². The number of benzene rings is 1. The molecular formula is C26H28N4O. The van der Waals surface area contributed by atoms with Gasteiger partial charge in [-0.1, -0.05) is 55.7 Å². The van der Waals surface area contributed by atoms with Gasteiger partial charge in [-0.3, -0.25) is 9.79 Å². The van der Waals surface area contributed by atoms with E-state index >= 15 is 0 Å². The number of hydrogen-bond donors (Lipinski definition) is 2. The Labute approximate surface area is 183 Å². The predicted molar refractivity (Wildman–Crippen MR) is 126 cm³/mol. The van der Waals surface area contributed by atoms with Gasteiger partial charge in [-0.15, -0.1) is 0 Å². The molecule has 0 aromatic heterocycles. The van der Waals surface area contributed by atoms with E-state index in [1.54, 1.807) is 0 Å². The number of carbonyl (C=O) groups excluding carboxylic acids is 1.